The van der Waals surface area contributed by atoms with Crippen LogP contribution >= 0.6 is 0 Å². The molecule has 0 aliphatic rings. The van der Waals surface area contributed by atoms with E-state index in [9.17, 15) is 4.39 Å². The van der Waals surface area contributed by atoms with Crippen LogP contribution in [0.4, 0.5) is 4.39 Å². The lowest BCUT2D eigenvalue weighted by molar-refractivity contribution is 0.303. The lowest BCUT2D eigenvalue weighted by Crippen LogP contribution is -2.13. The molecule has 96 valence electrons. The van der Waals surface area contributed by atoms with Crippen LogP contribution in [-0.2, 0) is 0 Å². The molecule has 0 saturated carbocycles. The average molecular weight is 239 g/mol. The molecule has 17 heavy (non-hydrogen) atoms. The molecule has 0 unspecified atom stereocenters. The Morgan fingerprint density at radius 1 is 1.18 bits per heavy atom. The standard InChI is InChI=1S/C14H22FNO/c1-2-16-10-5-3-4-6-11-17-14-9-7-8-13(15)12-14/h7-9,12,16H,2-6,10-11H2,1H3. The molecule has 0 spiro atoms. The second kappa shape index (κ2) is 8.99. The smallest absolute Gasteiger partial charge is 0.126 e. The van der Waals surface area contributed by atoms with E-state index in [4.69, 9.17) is 4.74 Å². The first kappa shape index (κ1) is 14.0. The van der Waals surface area contributed by atoms with Gasteiger partial charge in [-0.25, -0.2) is 4.39 Å². The van der Waals surface area contributed by atoms with Crippen molar-refractivity contribution in [1.29, 1.82) is 0 Å². The fourth-order valence-corrected chi connectivity index (χ4v) is 1.63. The number of rotatable bonds is 9. The third kappa shape index (κ3) is 6.95. The molecule has 0 heterocycles. The minimum Gasteiger partial charge on any atom is -0.493 e. The van der Waals surface area contributed by atoms with Crippen molar-refractivity contribution < 1.29 is 9.13 Å². The molecule has 0 saturated heterocycles. The molecule has 2 nitrogen and oxygen atoms in total. The van der Waals surface area contributed by atoms with Crippen molar-refractivity contribution in [1.82, 2.24) is 5.32 Å². The maximum absolute atomic E-state index is 12.8. The van der Waals surface area contributed by atoms with Crippen LogP contribution < -0.4 is 10.1 Å². The Balaban J connectivity index is 1.97. The van der Waals surface area contributed by atoms with Crippen molar-refractivity contribution in [3.05, 3.63) is 30.1 Å². The van der Waals surface area contributed by atoms with Crippen molar-refractivity contribution in [3.63, 3.8) is 0 Å². The largest absolute Gasteiger partial charge is 0.493 e. The summed E-state index contributed by atoms with van der Waals surface area (Å²) >= 11 is 0. The Morgan fingerprint density at radius 3 is 2.76 bits per heavy atom. The number of benzene rings is 1. The summed E-state index contributed by atoms with van der Waals surface area (Å²) in [5.74, 6) is 0.380. The molecule has 0 atom stereocenters. The van der Waals surface area contributed by atoms with Gasteiger partial charge < -0.3 is 10.1 Å². The van der Waals surface area contributed by atoms with Crippen LogP contribution in [0.2, 0.25) is 0 Å². The summed E-state index contributed by atoms with van der Waals surface area (Å²) in [6, 6.07) is 6.30. The van der Waals surface area contributed by atoms with E-state index < -0.39 is 0 Å². The first-order chi connectivity index (χ1) is 8.33. The number of ether oxygens (including phenoxy) is 1. The van der Waals surface area contributed by atoms with Gasteiger partial charge in [-0.2, -0.15) is 0 Å². The zero-order valence-electron chi connectivity index (χ0n) is 10.5. The van der Waals surface area contributed by atoms with Crippen molar-refractivity contribution in [2.75, 3.05) is 19.7 Å². The van der Waals surface area contributed by atoms with E-state index in [1.807, 2.05) is 0 Å². The molecule has 0 aliphatic heterocycles. The molecule has 0 aliphatic carbocycles. The van der Waals surface area contributed by atoms with Crippen LogP contribution in [-0.4, -0.2) is 19.7 Å². The molecule has 1 aromatic carbocycles. The highest BCUT2D eigenvalue weighted by atomic mass is 19.1. The average Bonchev–Trinajstić information content (AvgIpc) is 2.33. The van der Waals surface area contributed by atoms with Gasteiger partial charge in [0.15, 0.2) is 0 Å². The Labute approximate surface area is 103 Å². The fourth-order valence-electron chi connectivity index (χ4n) is 1.63. The van der Waals surface area contributed by atoms with Gasteiger partial charge in [-0.3, -0.25) is 0 Å². The zero-order chi connectivity index (χ0) is 12.3. The van der Waals surface area contributed by atoms with Crippen LogP contribution in [0.15, 0.2) is 24.3 Å². The van der Waals surface area contributed by atoms with Gasteiger partial charge in [-0.05, 0) is 38.1 Å². The number of hydrogen-bond donors (Lipinski definition) is 1. The molecular weight excluding hydrogens is 217 g/mol. The third-order valence-corrected chi connectivity index (χ3v) is 2.56. The predicted octanol–water partition coefficient (Wildman–Crippen LogP) is 3.37. The van der Waals surface area contributed by atoms with Crippen molar-refractivity contribution in [2.45, 2.75) is 32.6 Å². The van der Waals surface area contributed by atoms with Crippen molar-refractivity contribution in [3.8, 4) is 5.75 Å². The van der Waals surface area contributed by atoms with E-state index in [0.717, 1.165) is 19.5 Å². The number of halogens is 1. The van der Waals surface area contributed by atoms with Gasteiger partial charge >= 0.3 is 0 Å². The van der Waals surface area contributed by atoms with Crippen LogP contribution in [0.3, 0.4) is 0 Å². The van der Waals surface area contributed by atoms with Crippen LogP contribution in [0.1, 0.15) is 32.6 Å². The van der Waals surface area contributed by atoms with Gasteiger partial charge in [-0.1, -0.05) is 25.8 Å². The van der Waals surface area contributed by atoms with E-state index >= 15 is 0 Å². The van der Waals surface area contributed by atoms with E-state index in [1.54, 1.807) is 12.1 Å². The summed E-state index contributed by atoms with van der Waals surface area (Å²) < 4.78 is 18.3. The fraction of sp³-hybridized carbons (Fsp3) is 0.571. The minimum atomic E-state index is -0.242. The SMILES string of the molecule is CCNCCCCCCOc1cccc(F)c1. The van der Waals surface area contributed by atoms with Gasteiger partial charge in [0.2, 0.25) is 0 Å². The summed E-state index contributed by atoms with van der Waals surface area (Å²) in [5, 5.41) is 3.30. The molecule has 3 heteroatoms. The Hall–Kier alpha value is -1.09. The van der Waals surface area contributed by atoms with Crippen LogP contribution in [0.5, 0.6) is 5.75 Å². The monoisotopic (exact) mass is 239 g/mol. The number of hydrogen-bond acceptors (Lipinski definition) is 2. The van der Waals surface area contributed by atoms with Crippen LogP contribution in [0, 0.1) is 5.82 Å². The molecule has 0 amide bonds. The van der Waals surface area contributed by atoms with Crippen LogP contribution in [0.25, 0.3) is 0 Å². The lowest BCUT2D eigenvalue weighted by atomic mass is 10.2. The van der Waals surface area contributed by atoms with E-state index in [1.165, 1.54) is 31.4 Å². The van der Waals surface area contributed by atoms with E-state index in [0.29, 0.717) is 12.4 Å². The Bertz CT molecular complexity index is 304. The molecule has 0 aromatic heterocycles. The molecule has 1 aromatic rings. The second-order valence-corrected chi connectivity index (χ2v) is 4.07. The summed E-state index contributed by atoms with van der Waals surface area (Å²) in [4.78, 5) is 0. The number of unbranched alkanes of at least 4 members (excludes halogenated alkanes) is 3. The topological polar surface area (TPSA) is 21.3 Å². The number of nitrogens with one attached hydrogen (secondary N) is 1. The minimum absolute atomic E-state index is 0.242. The summed E-state index contributed by atoms with van der Waals surface area (Å²) in [5.41, 5.74) is 0. The second-order valence-electron chi connectivity index (χ2n) is 4.07. The maximum Gasteiger partial charge on any atom is 0.126 e. The van der Waals surface area contributed by atoms with E-state index in [2.05, 4.69) is 12.2 Å². The molecule has 0 fully saturated rings. The Kier molecular flexibility index (Phi) is 7.39. The quantitative estimate of drug-likeness (QED) is 0.667. The molecule has 0 bridgehead atoms. The highest BCUT2D eigenvalue weighted by Crippen LogP contribution is 2.12. The lowest BCUT2D eigenvalue weighted by Gasteiger charge is -2.06. The third-order valence-electron chi connectivity index (χ3n) is 2.56. The van der Waals surface area contributed by atoms with E-state index in [-0.39, 0.29) is 5.82 Å². The highest BCUT2D eigenvalue weighted by molar-refractivity contribution is 5.22. The molecule has 1 rings (SSSR count). The first-order valence-corrected chi connectivity index (χ1v) is 6.42. The molecule has 0 radical (unpaired) electrons. The zero-order valence-corrected chi connectivity index (χ0v) is 10.5. The first-order valence-electron chi connectivity index (χ1n) is 6.42. The van der Waals surface area contributed by atoms with Crippen molar-refractivity contribution >= 4 is 0 Å². The van der Waals surface area contributed by atoms with Gasteiger partial charge in [0.1, 0.15) is 11.6 Å². The summed E-state index contributed by atoms with van der Waals surface area (Å²) in [7, 11) is 0. The molecule has 1 N–H and O–H groups in total. The highest BCUT2D eigenvalue weighted by Gasteiger charge is 1.96. The summed E-state index contributed by atoms with van der Waals surface area (Å²) in [6.45, 7) is 4.93. The molecular formula is C14H22FNO. The Morgan fingerprint density at radius 2 is 2.00 bits per heavy atom. The maximum atomic E-state index is 12.8. The van der Waals surface area contributed by atoms with Gasteiger partial charge in [0.05, 0.1) is 6.61 Å². The van der Waals surface area contributed by atoms with Gasteiger partial charge in [-0.15, -0.1) is 0 Å². The normalized spacial score (nSPS) is 10.5. The van der Waals surface area contributed by atoms with Crippen molar-refractivity contribution in [2.24, 2.45) is 0 Å². The van der Waals surface area contributed by atoms with Gasteiger partial charge in [0.25, 0.3) is 0 Å². The predicted molar refractivity (Wildman–Crippen MR) is 68.9 cm³/mol. The van der Waals surface area contributed by atoms with Gasteiger partial charge in [0, 0.05) is 6.07 Å². The summed E-state index contributed by atoms with van der Waals surface area (Å²) in [6.07, 6.45) is 4.64.